The smallest absolute Gasteiger partial charge is 0.336 e. The third-order valence-corrected chi connectivity index (χ3v) is 5.61. The lowest BCUT2D eigenvalue weighted by molar-refractivity contribution is 0.0695. The van der Waals surface area contributed by atoms with Crippen molar-refractivity contribution in [1.29, 1.82) is 0 Å². The van der Waals surface area contributed by atoms with Gasteiger partial charge in [-0.25, -0.2) is 17.9 Å². The molecule has 0 bridgehead atoms. The minimum absolute atomic E-state index is 0.0399. The molecule has 1 fully saturated rings. The quantitative estimate of drug-likeness (QED) is 0.817. The standard InChI is InChI=1S/C13H16BrNO5S/c1-8-11(13(16)17)5-10(6-12(8)14)21(18,19)15-7-9-3-2-4-20-9/h5-6,9,15H,2-4,7H2,1H3,(H,16,17). The lowest BCUT2D eigenvalue weighted by atomic mass is 10.1. The van der Waals surface area contributed by atoms with E-state index < -0.39 is 16.0 Å². The number of rotatable bonds is 5. The van der Waals surface area contributed by atoms with Crippen molar-refractivity contribution in [2.45, 2.75) is 30.8 Å². The van der Waals surface area contributed by atoms with E-state index in [1.165, 1.54) is 12.1 Å². The largest absolute Gasteiger partial charge is 0.478 e. The molecule has 1 aromatic carbocycles. The summed E-state index contributed by atoms with van der Waals surface area (Å²) in [5, 5.41) is 9.13. The number of sulfonamides is 1. The van der Waals surface area contributed by atoms with Gasteiger partial charge in [0.2, 0.25) is 10.0 Å². The third kappa shape index (κ3) is 3.82. The molecule has 1 unspecified atom stereocenters. The summed E-state index contributed by atoms with van der Waals surface area (Å²) in [7, 11) is -3.77. The lowest BCUT2D eigenvalue weighted by Crippen LogP contribution is -2.32. The van der Waals surface area contributed by atoms with E-state index in [4.69, 9.17) is 9.84 Å². The van der Waals surface area contributed by atoms with Crippen LogP contribution in [0.2, 0.25) is 0 Å². The van der Waals surface area contributed by atoms with E-state index >= 15 is 0 Å². The molecule has 0 aromatic heterocycles. The van der Waals surface area contributed by atoms with Gasteiger partial charge < -0.3 is 9.84 Å². The molecule has 21 heavy (non-hydrogen) atoms. The predicted molar refractivity (Wildman–Crippen MR) is 80.0 cm³/mol. The van der Waals surface area contributed by atoms with E-state index in [0.717, 1.165) is 12.8 Å². The molecule has 0 spiro atoms. The Balaban J connectivity index is 2.24. The van der Waals surface area contributed by atoms with Gasteiger partial charge >= 0.3 is 5.97 Å². The summed E-state index contributed by atoms with van der Waals surface area (Å²) in [5.41, 5.74) is 0.447. The van der Waals surface area contributed by atoms with Gasteiger partial charge in [0.05, 0.1) is 16.6 Å². The van der Waals surface area contributed by atoms with Gasteiger partial charge in [-0.1, -0.05) is 15.9 Å². The van der Waals surface area contributed by atoms with Crippen LogP contribution in [0.1, 0.15) is 28.8 Å². The fraction of sp³-hybridized carbons (Fsp3) is 0.462. The minimum Gasteiger partial charge on any atom is -0.478 e. The molecule has 1 aliphatic heterocycles. The van der Waals surface area contributed by atoms with Gasteiger partial charge in [-0.2, -0.15) is 0 Å². The van der Waals surface area contributed by atoms with Crippen LogP contribution in [0.5, 0.6) is 0 Å². The molecule has 6 nitrogen and oxygen atoms in total. The predicted octanol–water partition coefficient (Wildman–Crippen LogP) is 1.91. The first kappa shape index (κ1) is 16.4. The van der Waals surface area contributed by atoms with Crippen LogP contribution in [-0.2, 0) is 14.8 Å². The van der Waals surface area contributed by atoms with Gasteiger partial charge in [-0.3, -0.25) is 0 Å². The normalized spacial score (nSPS) is 18.9. The maximum atomic E-state index is 12.2. The van der Waals surface area contributed by atoms with Crippen LogP contribution >= 0.6 is 15.9 Å². The Morgan fingerprint density at radius 2 is 2.24 bits per heavy atom. The first-order valence-corrected chi connectivity index (χ1v) is 8.73. The molecule has 1 saturated heterocycles. The van der Waals surface area contributed by atoms with Crippen molar-refractivity contribution in [2.75, 3.05) is 13.2 Å². The SMILES string of the molecule is Cc1c(Br)cc(S(=O)(=O)NCC2CCCO2)cc1C(=O)O. The van der Waals surface area contributed by atoms with Crippen LogP contribution < -0.4 is 4.72 Å². The van der Waals surface area contributed by atoms with Crippen molar-refractivity contribution < 1.29 is 23.1 Å². The Bertz CT molecular complexity index is 653. The highest BCUT2D eigenvalue weighted by atomic mass is 79.9. The number of benzene rings is 1. The van der Waals surface area contributed by atoms with Crippen molar-refractivity contribution >= 4 is 31.9 Å². The summed E-state index contributed by atoms with van der Waals surface area (Å²) in [4.78, 5) is 11.1. The number of carbonyl (C=O) groups is 1. The lowest BCUT2D eigenvalue weighted by Gasteiger charge is -2.13. The molecule has 2 rings (SSSR count). The van der Waals surface area contributed by atoms with E-state index in [9.17, 15) is 13.2 Å². The second-order valence-electron chi connectivity index (χ2n) is 4.87. The van der Waals surface area contributed by atoms with Crippen molar-refractivity contribution in [2.24, 2.45) is 0 Å². The number of halogens is 1. The molecule has 1 aliphatic rings. The van der Waals surface area contributed by atoms with Gasteiger partial charge in [-0.15, -0.1) is 0 Å². The molecule has 0 saturated carbocycles. The summed E-state index contributed by atoms with van der Waals surface area (Å²) >= 11 is 3.19. The first-order chi connectivity index (χ1) is 9.81. The molecule has 116 valence electrons. The fourth-order valence-electron chi connectivity index (χ4n) is 2.12. The van der Waals surface area contributed by atoms with Gasteiger partial charge in [-0.05, 0) is 37.5 Å². The maximum Gasteiger partial charge on any atom is 0.336 e. The zero-order valence-corrected chi connectivity index (χ0v) is 13.8. The van der Waals surface area contributed by atoms with E-state index in [2.05, 4.69) is 20.7 Å². The van der Waals surface area contributed by atoms with E-state index in [0.29, 0.717) is 16.6 Å². The fourth-order valence-corrected chi connectivity index (χ4v) is 3.85. The Morgan fingerprint density at radius 3 is 2.81 bits per heavy atom. The number of ether oxygens (including phenoxy) is 1. The van der Waals surface area contributed by atoms with Gasteiger partial charge in [0, 0.05) is 17.6 Å². The van der Waals surface area contributed by atoms with Crippen LogP contribution in [0.25, 0.3) is 0 Å². The molecule has 8 heteroatoms. The zero-order valence-electron chi connectivity index (χ0n) is 11.4. The van der Waals surface area contributed by atoms with Crippen LogP contribution in [0.15, 0.2) is 21.5 Å². The Morgan fingerprint density at radius 1 is 1.52 bits per heavy atom. The molecule has 1 aromatic rings. The summed E-state index contributed by atoms with van der Waals surface area (Å²) in [6, 6.07) is 2.57. The summed E-state index contributed by atoms with van der Waals surface area (Å²) in [5.74, 6) is -1.16. The average Bonchev–Trinajstić information content (AvgIpc) is 2.92. The molecule has 1 atom stereocenters. The number of aromatic carboxylic acids is 1. The van der Waals surface area contributed by atoms with Crippen molar-refractivity contribution in [1.82, 2.24) is 4.72 Å². The highest BCUT2D eigenvalue weighted by molar-refractivity contribution is 9.10. The monoisotopic (exact) mass is 377 g/mol. The van der Waals surface area contributed by atoms with Gasteiger partial charge in [0.1, 0.15) is 0 Å². The minimum atomic E-state index is -3.77. The topological polar surface area (TPSA) is 92.7 Å². The summed E-state index contributed by atoms with van der Waals surface area (Å²) in [6.07, 6.45) is 1.62. The van der Waals surface area contributed by atoms with Crippen molar-refractivity contribution in [3.8, 4) is 0 Å². The highest BCUT2D eigenvalue weighted by Crippen LogP contribution is 2.25. The number of hydrogen-bond acceptors (Lipinski definition) is 4. The van der Waals surface area contributed by atoms with Gasteiger partial charge in [0.25, 0.3) is 0 Å². The first-order valence-electron chi connectivity index (χ1n) is 6.46. The average molecular weight is 378 g/mol. The summed E-state index contributed by atoms with van der Waals surface area (Å²) < 4.78 is 32.8. The third-order valence-electron chi connectivity index (χ3n) is 3.38. The zero-order chi connectivity index (χ0) is 15.6. The number of carboxylic acid groups (broad SMARTS) is 1. The molecule has 0 amide bonds. The molecular weight excluding hydrogens is 362 g/mol. The second-order valence-corrected chi connectivity index (χ2v) is 7.49. The number of carboxylic acids is 1. The molecule has 0 aliphatic carbocycles. The van der Waals surface area contributed by atoms with E-state index in [1.807, 2.05) is 0 Å². The second kappa shape index (κ2) is 6.43. The summed E-state index contributed by atoms with van der Waals surface area (Å²) in [6.45, 7) is 2.45. The molecule has 0 radical (unpaired) electrons. The van der Waals surface area contributed by atoms with Crippen LogP contribution in [0.4, 0.5) is 0 Å². The van der Waals surface area contributed by atoms with E-state index in [1.54, 1.807) is 6.92 Å². The highest BCUT2D eigenvalue weighted by Gasteiger charge is 2.22. The number of hydrogen-bond donors (Lipinski definition) is 2. The van der Waals surface area contributed by atoms with Crippen molar-refractivity contribution in [3.63, 3.8) is 0 Å². The Hall–Kier alpha value is -0.960. The van der Waals surface area contributed by atoms with Crippen LogP contribution in [-0.4, -0.2) is 38.7 Å². The molecule has 1 heterocycles. The molecule has 2 N–H and O–H groups in total. The Kier molecular flexibility index (Phi) is 5.03. The number of nitrogens with one attached hydrogen (secondary N) is 1. The van der Waals surface area contributed by atoms with Crippen LogP contribution in [0, 0.1) is 6.92 Å². The molecular formula is C13H16BrNO5S. The van der Waals surface area contributed by atoms with Crippen molar-refractivity contribution in [3.05, 3.63) is 27.7 Å². The maximum absolute atomic E-state index is 12.2. The Labute approximate surface area is 131 Å². The van der Waals surface area contributed by atoms with Crippen LogP contribution in [0.3, 0.4) is 0 Å². The van der Waals surface area contributed by atoms with Gasteiger partial charge in [0.15, 0.2) is 0 Å². The van der Waals surface area contributed by atoms with E-state index in [-0.39, 0.29) is 23.1 Å².